The van der Waals surface area contributed by atoms with Gasteiger partial charge in [-0.25, -0.2) is 0 Å². The number of anilines is 1. The van der Waals surface area contributed by atoms with E-state index in [-0.39, 0.29) is 11.9 Å². The Kier molecular flexibility index (Phi) is 3.31. The summed E-state index contributed by atoms with van der Waals surface area (Å²) in [5.41, 5.74) is 0.580. The number of rotatable bonds is 3. The number of ether oxygens (including phenoxy) is 1. The molecule has 2 N–H and O–H groups in total. The maximum atomic E-state index is 11.5. The zero-order valence-electron chi connectivity index (χ0n) is 8.23. The average Bonchev–Trinajstić information content (AvgIpc) is 2.71. The number of amides is 1. The summed E-state index contributed by atoms with van der Waals surface area (Å²) in [5, 5.41) is 9.38. The molecule has 2 rings (SSSR count). The molecule has 0 aliphatic carbocycles. The molecule has 0 aromatic carbocycles. The SMILES string of the molecule is O=C(CC1COCCN1)Nc1cnoc1. The zero-order valence-corrected chi connectivity index (χ0v) is 8.23. The van der Waals surface area contributed by atoms with E-state index < -0.39 is 0 Å². The Morgan fingerprint density at radius 1 is 1.73 bits per heavy atom. The van der Waals surface area contributed by atoms with Gasteiger partial charge in [0.15, 0.2) is 0 Å². The second kappa shape index (κ2) is 4.90. The van der Waals surface area contributed by atoms with Gasteiger partial charge in [0, 0.05) is 19.0 Å². The Morgan fingerprint density at radius 2 is 2.67 bits per heavy atom. The van der Waals surface area contributed by atoms with Crippen LogP contribution in [0, 0.1) is 0 Å². The van der Waals surface area contributed by atoms with Gasteiger partial charge in [0.2, 0.25) is 5.91 Å². The number of hydrogen-bond acceptors (Lipinski definition) is 5. The molecule has 1 aromatic rings. The molecule has 0 saturated carbocycles. The van der Waals surface area contributed by atoms with Crippen LogP contribution in [0.15, 0.2) is 17.0 Å². The normalized spacial score (nSPS) is 21.2. The fourth-order valence-corrected chi connectivity index (χ4v) is 1.45. The first-order valence-electron chi connectivity index (χ1n) is 4.85. The lowest BCUT2D eigenvalue weighted by atomic mass is 10.2. The van der Waals surface area contributed by atoms with E-state index in [1.54, 1.807) is 0 Å². The van der Waals surface area contributed by atoms with Crippen LogP contribution in [-0.4, -0.2) is 36.9 Å². The van der Waals surface area contributed by atoms with E-state index in [4.69, 9.17) is 4.74 Å². The summed E-state index contributed by atoms with van der Waals surface area (Å²) in [5.74, 6) is -0.0683. The van der Waals surface area contributed by atoms with Gasteiger partial charge in [-0.2, -0.15) is 0 Å². The Hall–Kier alpha value is -1.40. The highest BCUT2D eigenvalue weighted by Gasteiger charge is 2.16. The van der Waals surface area contributed by atoms with Gasteiger partial charge in [-0.3, -0.25) is 4.79 Å². The molecule has 15 heavy (non-hydrogen) atoms. The standard InChI is InChI=1S/C9H13N3O3/c13-9(12-8-4-11-15-6-8)3-7-5-14-2-1-10-7/h4,6-7,10H,1-3,5H2,(H,12,13). The molecule has 1 unspecified atom stereocenters. The molecule has 1 saturated heterocycles. The second-order valence-corrected chi connectivity index (χ2v) is 3.39. The predicted molar refractivity (Wildman–Crippen MR) is 52.4 cm³/mol. The van der Waals surface area contributed by atoms with Gasteiger partial charge in [0.25, 0.3) is 0 Å². The zero-order chi connectivity index (χ0) is 10.5. The lowest BCUT2D eigenvalue weighted by Crippen LogP contribution is -2.43. The van der Waals surface area contributed by atoms with E-state index in [0.29, 0.717) is 25.3 Å². The molecule has 0 spiro atoms. The van der Waals surface area contributed by atoms with E-state index in [1.165, 1.54) is 12.5 Å². The van der Waals surface area contributed by atoms with Crippen LogP contribution in [0.4, 0.5) is 5.69 Å². The third-order valence-corrected chi connectivity index (χ3v) is 2.15. The molecule has 82 valence electrons. The highest BCUT2D eigenvalue weighted by atomic mass is 16.5. The van der Waals surface area contributed by atoms with E-state index in [9.17, 15) is 4.79 Å². The van der Waals surface area contributed by atoms with Gasteiger partial charge in [-0.15, -0.1) is 0 Å². The molecule has 0 bridgehead atoms. The van der Waals surface area contributed by atoms with Crippen LogP contribution in [0.3, 0.4) is 0 Å². The monoisotopic (exact) mass is 211 g/mol. The summed E-state index contributed by atoms with van der Waals surface area (Å²) in [7, 11) is 0. The Labute approximate surface area is 87.0 Å². The Balaban J connectivity index is 1.76. The minimum Gasteiger partial charge on any atom is -0.378 e. The van der Waals surface area contributed by atoms with Crippen molar-refractivity contribution in [1.82, 2.24) is 10.5 Å². The number of morpholine rings is 1. The van der Waals surface area contributed by atoms with Gasteiger partial charge in [0.05, 0.1) is 19.4 Å². The summed E-state index contributed by atoms with van der Waals surface area (Å²) in [6, 6.07) is 0.0959. The summed E-state index contributed by atoms with van der Waals surface area (Å²) in [6.07, 6.45) is 3.25. The van der Waals surface area contributed by atoms with Crippen molar-refractivity contribution in [2.24, 2.45) is 0 Å². The maximum Gasteiger partial charge on any atom is 0.226 e. The van der Waals surface area contributed by atoms with E-state index in [1.807, 2.05) is 0 Å². The topological polar surface area (TPSA) is 76.4 Å². The molecule has 1 fully saturated rings. The smallest absolute Gasteiger partial charge is 0.226 e. The molecule has 1 amide bonds. The fraction of sp³-hybridized carbons (Fsp3) is 0.556. The molecule has 6 heteroatoms. The number of aromatic nitrogens is 1. The van der Waals surface area contributed by atoms with Gasteiger partial charge in [0.1, 0.15) is 12.0 Å². The first-order valence-corrected chi connectivity index (χ1v) is 4.85. The quantitative estimate of drug-likeness (QED) is 0.735. The van der Waals surface area contributed by atoms with Crippen LogP contribution < -0.4 is 10.6 Å². The summed E-state index contributed by atoms with van der Waals surface area (Å²) in [4.78, 5) is 11.5. The third kappa shape index (κ3) is 3.03. The average molecular weight is 211 g/mol. The first kappa shape index (κ1) is 10.1. The second-order valence-electron chi connectivity index (χ2n) is 3.39. The largest absolute Gasteiger partial charge is 0.378 e. The molecule has 1 aliphatic rings. The van der Waals surface area contributed by atoms with Crippen molar-refractivity contribution in [1.29, 1.82) is 0 Å². The number of hydrogen-bond donors (Lipinski definition) is 2. The number of carbonyl (C=O) groups is 1. The molecule has 1 atom stereocenters. The van der Waals surface area contributed by atoms with Crippen LogP contribution in [0.1, 0.15) is 6.42 Å². The molecular weight excluding hydrogens is 198 g/mol. The van der Waals surface area contributed by atoms with Crippen molar-refractivity contribution in [3.8, 4) is 0 Å². The molecule has 2 heterocycles. The van der Waals surface area contributed by atoms with Crippen molar-refractivity contribution in [2.75, 3.05) is 25.1 Å². The summed E-state index contributed by atoms with van der Waals surface area (Å²) in [6.45, 7) is 2.09. The fourth-order valence-electron chi connectivity index (χ4n) is 1.45. The van der Waals surface area contributed by atoms with Crippen molar-refractivity contribution in [2.45, 2.75) is 12.5 Å². The molecule has 1 aliphatic heterocycles. The molecule has 1 aromatic heterocycles. The molecule has 0 radical (unpaired) electrons. The molecular formula is C9H13N3O3. The maximum absolute atomic E-state index is 11.5. The van der Waals surface area contributed by atoms with Gasteiger partial charge < -0.3 is 19.9 Å². The van der Waals surface area contributed by atoms with Gasteiger partial charge in [-0.05, 0) is 0 Å². The summed E-state index contributed by atoms with van der Waals surface area (Å²) >= 11 is 0. The third-order valence-electron chi connectivity index (χ3n) is 2.15. The number of nitrogens with one attached hydrogen (secondary N) is 2. The van der Waals surface area contributed by atoms with Gasteiger partial charge in [-0.1, -0.05) is 5.16 Å². The van der Waals surface area contributed by atoms with Crippen LogP contribution in [0.25, 0.3) is 0 Å². The van der Waals surface area contributed by atoms with Gasteiger partial charge >= 0.3 is 0 Å². The van der Waals surface area contributed by atoms with Crippen molar-refractivity contribution < 1.29 is 14.1 Å². The van der Waals surface area contributed by atoms with E-state index in [2.05, 4.69) is 20.3 Å². The van der Waals surface area contributed by atoms with Crippen LogP contribution in [-0.2, 0) is 9.53 Å². The number of nitrogens with zero attached hydrogens (tertiary/aromatic N) is 1. The van der Waals surface area contributed by atoms with Crippen LogP contribution >= 0.6 is 0 Å². The highest BCUT2D eigenvalue weighted by Crippen LogP contribution is 2.06. The van der Waals surface area contributed by atoms with Crippen LogP contribution in [0.5, 0.6) is 0 Å². The first-order chi connectivity index (χ1) is 7.34. The van der Waals surface area contributed by atoms with Crippen molar-refractivity contribution in [3.63, 3.8) is 0 Å². The molecule has 6 nitrogen and oxygen atoms in total. The van der Waals surface area contributed by atoms with Crippen molar-refractivity contribution in [3.05, 3.63) is 12.5 Å². The highest BCUT2D eigenvalue weighted by molar-refractivity contribution is 5.90. The summed E-state index contributed by atoms with van der Waals surface area (Å²) < 4.78 is 9.85. The van der Waals surface area contributed by atoms with E-state index >= 15 is 0 Å². The van der Waals surface area contributed by atoms with Crippen LogP contribution in [0.2, 0.25) is 0 Å². The Bertz CT molecular complexity index is 306. The predicted octanol–water partition coefficient (Wildman–Crippen LogP) is -0.00840. The Morgan fingerprint density at radius 3 is 3.33 bits per heavy atom. The van der Waals surface area contributed by atoms with E-state index in [0.717, 1.165) is 6.54 Å². The lowest BCUT2D eigenvalue weighted by molar-refractivity contribution is -0.117. The minimum absolute atomic E-state index is 0.0683. The number of carbonyl (C=O) groups excluding carboxylic acids is 1. The van der Waals surface area contributed by atoms with Crippen molar-refractivity contribution >= 4 is 11.6 Å². The lowest BCUT2D eigenvalue weighted by Gasteiger charge is -2.22. The minimum atomic E-state index is -0.0683.